The van der Waals surface area contributed by atoms with Crippen molar-refractivity contribution in [2.75, 3.05) is 0 Å². The molecule has 2 rings (SSSR count). The van der Waals surface area contributed by atoms with Gasteiger partial charge in [0.15, 0.2) is 0 Å². The van der Waals surface area contributed by atoms with Crippen molar-refractivity contribution in [3.8, 4) is 0 Å². The lowest BCUT2D eigenvalue weighted by Crippen LogP contribution is -2.56. The maximum absolute atomic E-state index is 12.9. The van der Waals surface area contributed by atoms with Gasteiger partial charge in [-0.3, -0.25) is 9.69 Å². The molecule has 1 saturated heterocycles. The SMILES string of the molecule is CC1(C(F)(F)F)NC(=O)N(Cc2ccc(CN)cc2)C1=O. The largest absolute Gasteiger partial charge is 0.420 e. The summed E-state index contributed by atoms with van der Waals surface area (Å²) in [7, 11) is 0. The average molecular weight is 301 g/mol. The molecule has 0 spiro atoms. The summed E-state index contributed by atoms with van der Waals surface area (Å²) in [6.45, 7) is 0.765. The van der Waals surface area contributed by atoms with Crippen molar-refractivity contribution < 1.29 is 22.8 Å². The molecule has 0 aliphatic carbocycles. The Kier molecular flexibility index (Phi) is 3.66. The van der Waals surface area contributed by atoms with Crippen LogP contribution in [-0.2, 0) is 17.9 Å². The molecule has 3 N–H and O–H groups in total. The highest BCUT2D eigenvalue weighted by molar-refractivity contribution is 6.07. The molecule has 1 unspecified atom stereocenters. The highest BCUT2D eigenvalue weighted by atomic mass is 19.4. The number of halogens is 3. The van der Waals surface area contributed by atoms with E-state index in [9.17, 15) is 22.8 Å². The second-order valence-corrected chi connectivity index (χ2v) is 4.96. The number of nitrogens with two attached hydrogens (primary N) is 1. The number of alkyl halides is 3. The van der Waals surface area contributed by atoms with Gasteiger partial charge in [0.2, 0.25) is 5.54 Å². The number of carbonyl (C=O) groups excluding carboxylic acids is 2. The van der Waals surface area contributed by atoms with Gasteiger partial charge in [-0.15, -0.1) is 0 Å². The number of amides is 3. The summed E-state index contributed by atoms with van der Waals surface area (Å²) in [5.41, 5.74) is 3.95. The van der Waals surface area contributed by atoms with Crippen molar-refractivity contribution >= 4 is 11.9 Å². The molecule has 1 aromatic rings. The third-order valence-corrected chi connectivity index (χ3v) is 3.44. The zero-order valence-electron chi connectivity index (χ0n) is 11.2. The van der Waals surface area contributed by atoms with Crippen molar-refractivity contribution in [1.29, 1.82) is 0 Å². The third-order valence-electron chi connectivity index (χ3n) is 3.44. The molecule has 1 aromatic carbocycles. The summed E-state index contributed by atoms with van der Waals surface area (Å²) in [5, 5.41) is 1.71. The van der Waals surface area contributed by atoms with Gasteiger partial charge in [0, 0.05) is 6.54 Å². The van der Waals surface area contributed by atoms with Crippen LogP contribution in [0.1, 0.15) is 18.1 Å². The highest BCUT2D eigenvalue weighted by Crippen LogP contribution is 2.35. The summed E-state index contributed by atoms with van der Waals surface area (Å²) in [5.74, 6) is -1.30. The van der Waals surface area contributed by atoms with Gasteiger partial charge in [-0.1, -0.05) is 24.3 Å². The molecule has 0 bridgehead atoms. The molecular formula is C13H14F3N3O2. The Hall–Kier alpha value is -2.09. The van der Waals surface area contributed by atoms with E-state index >= 15 is 0 Å². The van der Waals surface area contributed by atoms with Gasteiger partial charge in [0.05, 0.1) is 6.54 Å². The summed E-state index contributed by atoms with van der Waals surface area (Å²) in [6, 6.07) is 5.56. The summed E-state index contributed by atoms with van der Waals surface area (Å²) in [4.78, 5) is 24.1. The van der Waals surface area contributed by atoms with Crippen molar-refractivity contribution in [3.05, 3.63) is 35.4 Å². The molecule has 5 nitrogen and oxygen atoms in total. The normalized spacial score (nSPS) is 22.6. The molecule has 8 heteroatoms. The first kappa shape index (κ1) is 15.3. The molecule has 0 radical (unpaired) electrons. The quantitative estimate of drug-likeness (QED) is 0.831. The van der Waals surface area contributed by atoms with Gasteiger partial charge < -0.3 is 11.1 Å². The number of nitrogens with zero attached hydrogens (tertiary/aromatic N) is 1. The second-order valence-electron chi connectivity index (χ2n) is 4.96. The maximum atomic E-state index is 12.9. The van der Waals surface area contributed by atoms with E-state index in [2.05, 4.69) is 0 Å². The van der Waals surface area contributed by atoms with Gasteiger partial charge in [-0.25, -0.2) is 4.79 Å². The van der Waals surface area contributed by atoms with Crippen LogP contribution in [0.2, 0.25) is 0 Å². The van der Waals surface area contributed by atoms with E-state index in [1.807, 2.05) is 0 Å². The fourth-order valence-electron chi connectivity index (χ4n) is 2.00. The molecule has 114 valence electrons. The van der Waals surface area contributed by atoms with Gasteiger partial charge in [0.1, 0.15) is 0 Å². The van der Waals surface area contributed by atoms with Gasteiger partial charge in [-0.2, -0.15) is 13.2 Å². The van der Waals surface area contributed by atoms with Crippen LogP contribution in [0.4, 0.5) is 18.0 Å². The predicted molar refractivity (Wildman–Crippen MR) is 67.9 cm³/mol. The van der Waals surface area contributed by atoms with Crippen LogP contribution in [0, 0.1) is 0 Å². The smallest absolute Gasteiger partial charge is 0.326 e. The minimum Gasteiger partial charge on any atom is -0.326 e. The first-order valence-electron chi connectivity index (χ1n) is 6.18. The molecule has 1 aliphatic heterocycles. The number of rotatable bonds is 3. The molecule has 0 saturated carbocycles. The summed E-state index contributed by atoms with van der Waals surface area (Å²) >= 11 is 0. The summed E-state index contributed by atoms with van der Waals surface area (Å²) < 4.78 is 38.7. The number of imide groups is 1. The number of hydrogen-bond donors (Lipinski definition) is 2. The molecule has 1 heterocycles. The average Bonchev–Trinajstić information content (AvgIpc) is 2.64. The molecule has 21 heavy (non-hydrogen) atoms. The summed E-state index contributed by atoms with van der Waals surface area (Å²) in [6.07, 6.45) is -4.85. The zero-order valence-corrected chi connectivity index (χ0v) is 11.2. The lowest BCUT2D eigenvalue weighted by molar-refractivity contribution is -0.191. The standard InChI is InChI=1S/C13H14F3N3O2/c1-12(13(14,15)16)10(20)19(11(21)18-12)7-9-4-2-8(6-17)3-5-9/h2-5H,6-7,17H2,1H3,(H,18,21). The Balaban J connectivity index is 2.21. The van der Waals surface area contributed by atoms with Gasteiger partial charge in [-0.05, 0) is 18.1 Å². The minimum absolute atomic E-state index is 0.221. The number of nitrogens with one attached hydrogen (secondary N) is 1. The van der Waals surface area contributed by atoms with Crippen LogP contribution in [0.3, 0.4) is 0 Å². The second kappa shape index (κ2) is 5.03. The Labute approximate surface area is 118 Å². The molecule has 3 amide bonds. The lowest BCUT2D eigenvalue weighted by atomic mass is 10.0. The maximum Gasteiger partial charge on any atom is 0.420 e. The van der Waals surface area contributed by atoms with Crippen LogP contribution >= 0.6 is 0 Å². The van der Waals surface area contributed by atoms with Crippen LogP contribution in [-0.4, -0.2) is 28.6 Å². The number of carbonyl (C=O) groups is 2. The predicted octanol–water partition coefficient (Wildman–Crippen LogP) is 1.52. The van der Waals surface area contributed by atoms with E-state index in [-0.39, 0.29) is 6.54 Å². The fraction of sp³-hybridized carbons (Fsp3) is 0.385. The van der Waals surface area contributed by atoms with Crippen molar-refractivity contribution in [2.45, 2.75) is 31.7 Å². The van der Waals surface area contributed by atoms with E-state index in [4.69, 9.17) is 5.73 Å². The molecule has 1 atom stereocenters. The van der Waals surface area contributed by atoms with Crippen molar-refractivity contribution in [1.82, 2.24) is 10.2 Å². The molecule has 0 aromatic heterocycles. The number of hydrogen-bond acceptors (Lipinski definition) is 3. The van der Waals surface area contributed by atoms with E-state index < -0.39 is 23.7 Å². The topological polar surface area (TPSA) is 75.4 Å². The number of benzene rings is 1. The van der Waals surface area contributed by atoms with Crippen LogP contribution < -0.4 is 11.1 Å². The lowest BCUT2D eigenvalue weighted by Gasteiger charge is -2.24. The van der Waals surface area contributed by atoms with Gasteiger partial charge >= 0.3 is 12.2 Å². The first-order chi connectivity index (χ1) is 9.69. The minimum atomic E-state index is -4.85. The van der Waals surface area contributed by atoms with Crippen LogP contribution in [0.15, 0.2) is 24.3 Å². The fourth-order valence-corrected chi connectivity index (χ4v) is 2.00. The number of urea groups is 1. The van der Waals surface area contributed by atoms with Crippen LogP contribution in [0.5, 0.6) is 0 Å². The van der Waals surface area contributed by atoms with E-state index in [0.717, 1.165) is 5.56 Å². The Morgan fingerprint density at radius 1 is 1.19 bits per heavy atom. The van der Waals surface area contributed by atoms with E-state index in [0.29, 0.717) is 23.9 Å². The van der Waals surface area contributed by atoms with Crippen molar-refractivity contribution in [3.63, 3.8) is 0 Å². The van der Waals surface area contributed by atoms with Crippen LogP contribution in [0.25, 0.3) is 0 Å². The monoisotopic (exact) mass is 301 g/mol. The zero-order chi connectivity index (χ0) is 15.8. The molecular weight excluding hydrogens is 287 g/mol. The van der Waals surface area contributed by atoms with Crippen molar-refractivity contribution in [2.24, 2.45) is 5.73 Å². The third kappa shape index (κ3) is 2.58. The molecule has 1 aliphatic rings. The Morgan fingerprint density at radius 2 is 1.71 bits per heavy atom. The highest BCUT2D eigenvalue weighted by Gasteiger charge is 2.64. The van der Waals surface area contributed by atoms with E-state index in [1.165, 1.54) is 0 Å². The Bertz CT molecular complexity index is 571. The van der Waals surface area contributed by atoms with Gasteiger partial charge in [0.25, 0.3) is 5.91 Å². The Morgan fingerprint density at radius 3 is 2.14 bits per heavy atom. The van der Waals surface area contributed by atoms with E-state index in [1.54, 1.807) is 29.6 Å². The first-order valence-corrected chi connectivity index (χ1v) is 6.18. The molecule has 1 fully saturated rings.